The Hall–Kier alpha value is -2.04. The number of amides is 2. The summed E-state index contributed by atoms with van der Waals surface area (Å²) in [6, 6.07) is 7.23. The molecule has 0 saturated heterocycles. The number of anilines is 1. The molecule has 5 heteroatoms. The second-order valence-electron chi connectivity index (χ2n) is 5.24. The molecule has 1 N–H and O–H groups in total. The van der Waals surface area contributed by atoms with Crippen LogP contribution in [0.4, 0.5) is 10.5 Å². The van der Waals surface area contributed by atoms with Gasteiger partial charge in [0, 0.05) is 19.3 Å². The van der Waals surface area contributed by atoms with Crippen molar-refractivity contribution in [1.29, 1.82) is 0 Å². The molecule has 0 atom stereocenters. The van der Waals surface area contributed by atoms with Gasteiger partial charge in [-0.3, -0.25) is 4.90 Å². The maximum Gasteiger partial charge on any atom is 0.329 e. The van der Waals surface area contributed by atoms with E-state index >= 15 is 0 Å². The van der Waals surface area contributed by atoms with Crippen LogP contribution in [-0.2, 0) is 4.79 Å². The molecule has 0 aliphatic heterocycles. The summed E-state index contributed by atoms with van der Waals surface area (Å²) in [6.45, 7) is 7.29. The fourth-order valence-electron chi connectivity index (χ4n) is 1.84. The van der Waals surface area contributed by atoms with Gasteiger partial charge in [-0.05, 0) is 39.3 Å². The molecule has 0 aromatic heterocycles. The molecule has 5 nitrogen and oxygen atoms in total. The first kappa shape index (κ1) is 16.0. The van der Waals surface area contributed by atoms with E-state index in [0.717, 1.165) is 11.3 Å². The Morgan fingerprint density at radius 3 is 2.25 bits per heavy atom. The lowest BCUT2D eigenvalue weighted by molar-refractivity contribution is -0.146. The van der Waals surface area contributed by atoms with Crippen molar-refractivity contribution in [2.75, 3.05) is 18.5 Å². The summed E-state index contributed by atoms with van der Waals surface area (Å²) in [6.07, 6.45) is 0. The van der Waals surface area contributed by atoms with Crippen LogP contribution in [-0.4, -0.2) is 41.1 Å². The maximum absolute atomic E-state index is 12.6. The van der Waals surface area contributed by atoms with Crippen molar-refractivity contribution in [3.8, 4) is 0 Å². The zero-order valence-corrected chi connectivity index (χ0v) is 12.7. The molecule has 1 rings (SSSR count). The molecule has 0 bridgehead atoms. The van der Waals surface area contributed by atoms with E-state index in [0.29, 0.717) is 6.54 Å². The summed E-state index contributed by atoms with van der Waals surface area (Å²) in [5.41, 5.74) is 0.518. The maximum atomic E-state index is 12.6. The standard InChI is InChI=1S/C15H22N2O3/c1-6-17(12-10-8-7-9-11(12)2)14(20)16(5)15(3,4)13(18)19/h7-10H,6H2,1-5H3,(H,18,19). The van der Waals surface area contributed by atoms with Gasteiger partial charge in [0.15, 0.2) is 0 Å². The molecule has 1 aromatic carbocycles. The molecular weight excluding hydrogens is 256 g/mol. The Bertz CT molecular complexity index is 512. The van der Waals surface area contributed by atoms with E-state index in [1.54, 1.807) is 4.90 Å². The molecule has 0 fully saturated rings. The first-order valence-corrected chi connectivity index (χ1v) is 6.57. The predicted molar refractivity (Wildman–Crippen MR) is 79.1 cm³/mol. The number of hydrogen-bond acceptors (Lipinski definition) is 2. The molecule has 0 unspecified atom stereocenters. The quantitative estimate of drug-likeness (QED) is 0.921. The van der Waals surface area contributed by atoms with Gasteiger partial charge < -0.3 is 10.0 Å². The van der Waals surface area contributed by atoms with E-state index in [-0.39, 0.29) is 6.03 Å². The molecule has 0 heterocycles. The summed E-state index contributed by atoms with van der Waals surface area (Å²) < 4.78 is 0. The first-order valence-electron chi connectivity index (χ1n) is 6.57. The fraction of sp³-hybridized carbons (Fsp3) is 0.467. The van der Waals surface area contributed by atoms with Crippen LogP contribution in [0.5, 0.6) is 0 Å². The fourth-order valence-corrected chi connectivity index (χ4v) is 1.84. The minimum atomic E-state index is -1.26. The molecule has 0 spiro atoms. The molecule has 0 aliphatic carbocycles. The number of carbonyl (C=O) groups excluding carboxylic acids is 1. The Balaban J connectivity index is 3.11. The molecule has 1 aromatic rings. The van der Waals surface area contributed by atoms with E-state index in [4.69, 9.17) is 0 Å². The van der Waals surface area contributed by atoms with Crippen molar-refractivity contribution in [1.82, 2.24) is 4.90 Å². The highest BCUT2D eigenvalue weighted by Crippen LogP contribution is 2.23. The molecular formula is C15H22N2O3. The first-order chi connectivity index (χ1) is 9.23. The van der Waals surface area contributed by atoms with E-state index in [1.807, 2.05) is 38.1 Å². The van der Waals surface area contributed by atoms with E-state index < -0.39 is 11.5 Å². The monoisotopic (exact) mass is 278 g/mol. The molecule has 110 valence electrons. The molecule has 2 amide bonds. The van der Waals surface area contributed by atoms with Crippen molar-refractivity contribution in [3.63, 3.8) is 0 Å². The van der Waals surface area contributed by atoms with Crippen LogP contribution in [0.15, 0.2) is 24.3 Å². The summed E-state index contributed by atoms with van der Waals surface area (Å²) in [4.78, 5) is 26.7. The highest BCUT2D eigenvalue weighted by atomic mass is 16.4. The van der Waals surface area contributed by atoms with Gasteiger partial charge in [-0.2, -0.15) is 0 Å². The number of carboxylic acid groups (broad SMARTS) is 1. The van der Waals surface area contributed by atoms with Gasteiger partial charge in [-0.1, -0.05) is 18.2 Å². The number of para-hydroxylation sites is 1. The number of rotatable bonds is 4. The summed E-state index contributed by atoms with van der Waals surface area (Å²) in [7, 11) is 1.51. The Morgan fingerprint density at radius 2 is 1.80 bits per heavy atom. The van der Waals surface area contributed by atoms with E-state index in [1.165, 1.54) is 25.8 Å². The van der Waals surface area contributed by atoms with Gasteiger partial charge in [0.1, 0.15) is 5.54 Å². The van der Waals surface area contributed by atoms with Gasteiger partial charge in [0.25, 0.3) is 0 Å². The number of hydrogen-bond donors (Lipinski definition) is 1. The lowest BCUT2D eigenvalue weighted by atomic mass is 10.0. The largest absolute Gasteiger partial charge is 0.480 e. The third-order valence-electron chi connectivity index (χ3n) is 3.60. The summed E-state index contributed by atoms with van der Waals surface area (Å²) in [5.74, 6) is -1.03. The topological polar surface area (TPSA) is 60.9 Å². The number of aryl methyl sites for hydroxylation is 1. The van der Waals surface area contributed by atoms with Crippen LogP contribution < -0.4 is 4.90 Å². The predicted octanol–water partition coefficient (Wildman–Crippen LogP) is 2.74. The van der Waals surface area contributed by atoms with Gasteiger partial charge >= 0.3 is 12.0 Å². The molecule has 0 radical (unpaired) electrons. The lowest BCUT2D eigenvalue weighted by Crippen LogP contribution is -2.55. The van der Waals surface area contributed by atoms with Gasteiger partial charge in [-0.25, -0.2) is 9.59 Å². The minimum absolute atomic E-state index is 0.325. The van der Waals surface area contributed by atoms with Crippen molar-refractivity contribution in [2.45, 2.75) is 33.2 Å². The summed E-state index contributed by atoms with van der Waals surface area (Å²) in [5, 5.41) is 9.23. The third kappa shape index (κ3) is 2.92. The van der Waals surface area contributed by atoms with Gasteiger partial charge in [-0.15, -0.1) is 0 Å². The van der Waals surface area contributed by atoms with Crippen LogP contribution in [0.3, 0.4) is 0 Å². The third-order valence-corrected chi connectivity index (χ3v) is 3.60. The second-order valence-corrected chi connectivity index (χ2v) is 5.24. The summed E-state index contributed by atoms with van der Waals surface area (Å²) >= 11 is 0. The highest BCUT2D eigenvalue weighted by molar-refractivity contribution is 5.96. The van der Waals surface area contributed by atoms with E-state index in [2.05, 4.69) is 0 Å². The van der Waals surface area contributed by atoms with Crippen LogP contribution in [0.2, 0.25) is 0 Å². The normalized spacial score (nSPS) is 11.1. The van der Waals surface area contributed by atoms with Crippen molar-refractivity contribution < 1.29 is 14.7 Å². The number of carbonyl (C=O) groups is 2. The van der Waals surface area contributed by atoms with Crippen molar-refractivity contribution in [2.24, 2.45) is 0 Å². The van der Waals surface area contributed by atoms with Crippen molar-refractivity contribution in [3.05, 3.63) is 29.8 Å². The Kier molecular flexibility index (Phi) is 4.76. The zero-order chi connectivity index (χ0) is 15.5. The number of likely N-dealkylation sites (N-methyl/N-ethyl adjacent to an activating group) is 1. The van der Waals surface area contributed by atoms with E-state index in [9.17, 15) is 14.7 Å². The highest BCUT2D eigenvalue weighted by Gasteiger charge is 2.37. The SMILES string of the molecule is CCN(C(=O)N(C)C(C)(C)C(=O)O)c1ccccc1C. The minimum Gasteiger partial charge on any atom is -0.480 e. The zero-order valence-electron chi connectivity index (χ0n) is 12.7. The number of benzene rings is 1. The smallest absolute Gasteiger partial charge is 0.329 e. The second kappa shape index (κ2) is 5.94. The van der Waals surface area contributed by atoms with Crippen LogP contribution in [0.25, 0.3) is 0 Å². The number of urea groups is 1. The molecule has 0 aliphatic rings. The molecule has 0 saturated carbocycles. The number of aliphatic carboxylic acids is 1. The van der Waals surface area contributed by atoms with Crippen LogP contribution in [0.1, 0.15) is 26.3 Å². The van der Waals surface area contributed by atoms with Gasteiger partial charge in [0.05, 0.1) is 0 Å². The number of nitrogens with zero attached hydrogens (tertiary/aromatic N) is 2. The van der Waals surface area contributed by atoms with Crippen LogP contribution >= 0.6 is 0 Å². The lowest BCUT2D eigenvalue weighted by Gasteiger charge is -2.36. The van der Waals surface area contributed by atoms with Gasteiger partial charge in [0.2, 0.25) is 0 Å². The molecule has 20 heavy (non-hydrogen) atoms. The Labute approximate surface area is 119 Å². The number of carboxylic acids is 1. The van der Waals surface area contributed by atoms with Crippen molar-refractivity contribution >= 4 is 17.7 Å². The Morgan fingerprint density at radius 1 is 1.25 bits per heavy atom. The average Bonchev–Trinajstić information content (AvgIpc) is 2.40. The average molecular weight is 278 g/mol. The van der Waals surface area contributed by atoms with Crippen LogP contribution in [0, 0.1) is 6.92 Å².